The van der Waals surface area contributed by atoms with Crippen LogP contribution < -0.4 is 0 Å². The zero-order valence-corrected chi connectivity index (χ0v) is 9.20. The lowest BCUT2D eigenvalue weighted by Gasteiger charge is -2.10. The summed E-state index contributed by atoms with van der Waals surface area (Å²) in [6.07, 6.45) is 4.78. The molecule has 0 saturated carbocycles. The van der Waals surface area contributed by atoms with E-state index in [1.165, 1.54) is 0 Å². The van der Waals surface area contributed by atoms with Crippen LogP contribution in [0.3, 0.4) is 0 Å². The Morgan fingerprint density at radius 1 is 1.21 bits per heavy atom. The van der Waals surface area contributed by atoms with Gasteiger partial charge in [-0.15, -0.1) is 0 Å². The largest absolute Gasteiger partial charge is 0.481 e. The minimum Gasteiger partial charge on any atom is -0.481 e. The van der Waals surface area contributed by atoms with Gasteiger partial charge in [0.25, 0.3) is 0 Å². The molecule has 0 aromatic carbocycles. The van der Waals surface area contributed by atoms with Crippen LogP contribution in [0.2, 0.25) is 0 Å². The monoisotopic (exact) mass is 202 g/mol. The summed E-state index contributed by atoms with van der Waals surface area (Å²) < 4.78 is 0. The first-order valence-corrected chi connectivity index (χ1v) is 5.48. The Bertz CT molecular complexity index is 155. The minimum atomic E-state index is -0.677. The predicted octanol–water partition coefficient (Wildman–Crippen LogP) is 2.43. The summed E-state index contributed by atoms with van der Waals surface area (Å²) in [6, 6.07) is 0. The van der Waals surface area contributed by atoms with E-state index in [1.54, 1.807) is 6.92 Å². The van der Waals surface area contributed by atoms with E-state index in [-0.39, 0.29) is 12.0 Å². The zero-order chi connectivity index (χ0) is 11.0. The molecule has 2 N–H and O–H groups in total. The van der Waals surface area contributed by atoms with Crippen molar-refractivity contribution in [2.75, 3.05) is 0 Å². The molecule has 0 heterocycles. The van der Waals surface area contributed by atoms with E-state index in [0.717, 1.165) is 38.5 Å². The highest BCUT2D eigenvalue weighted by Gasteiger charge is 2.15. The molecular formula is C11H22O3. The number of aliphatic carboxylic acids is 1. The van der Waals surface area contributed by atoms with Crippen molar-refractivity contribution in [3.05, 3.63) is 0 Å². The third kappa shape index (κ3) is 6.89. The van der Waals surface area contributed by atoms with Gasteiger partial charge in [0.05, 0.1) is 12.0 Å². The molecule has 0 saturated heterocycles. The van der Waals surface area contributed by atoms with Gasteiger partial charge >= 0.3 is 5.97 Å². The van der Waals surface area contributed by atoms with Crippen molar-refractivity contribution < 1.29 is 15.0 Å². The molecule has 0 aromatic heterocycles. The van der Waals surface area contributed by atoms with E-state index in [4.69, 9.17) is 10.2 Å². The maximum absolute atomic E-state index is 10.8. The molecule has 0 amide bonds. The van der Waals surface area contributed by atoms with E-state index in [1.807, 2.05) is 6.92 Å². The SMILES string of the molecule is CCC[C@@H](CCCC[C@@H](C)O)C(=O)O. The van der Waals surface area contributed by atoms with Crippen LogP contribution in [0.25, 0.3) is 0 Å². The number of hydrogen-bond donors (Lipinski definition) is 2. The van der Waals surface area contributed by atoms with Crippen molar-refractivity contribution in [2.24, 2.45) is 5.92 Å². The number of carboxylic acid groups (broad SMARTS) is 1. The van der Waals surface area contributed by atoms with E-state index >= 15 is 0 Å². The van der Waals surface area contributed by atoms with Crippen molar-refractivity contribution >= 4 is 5.97 Å². The van der Waals surface area contributed by atoms with Crippen molar-refractivity contribution in [1.82, 2.24) is 0 Å². The standard InChI is InChI=1S/C11H22O3/c1-3-6-10(11(13)14)8-5-4-7-9(2)12/h9-10,12H,3-8H2,1-2H3,(H,13,14)/t9-,10+/m1/s1. The first-order valence-electron chi connectivity index (χ1n) is 5.48. The molecule has 0 rings (SSSR count). The molecular weight excluding hydrogens is 180 g/mol. The molecule has 3 heteroatoms. The van der Waals surface area contributed by atoms with Crippen molar-refractivity contribution in [2.45, 2.75) is 58.5 Å². The molecule has 84 valence electrons. The highest BCUT2D eigenvalue weighted by molar-refractivity contribution is 5.69. The lowest BCUT2D eigenvalue weighted by atomic mass is 9.96. The van der Waals surface area contributed by atoms with Gasteiger partial charge in [-0.3, -0.25) is 4.79 Å². The first-order chi connectivity index (χ1) is 6.57. The number of aliphatic hydroxyl groups is 1. The van der Waals surface area contributed by atoms with Crippen LogP contribution in [-0.4, -0.2) is 22.3 Å². The Hall–Kier alpha value is -0.570. The quantitative estimate of drug-likeness (QED) is 0.594. The fourth-order valence-corrected chi connectivity index (χ4v) is 1.57. The van der Waals surface area contributed by atoms with Gasteiger partial charge in [0.2, 0.25) is 0 Å². The highest BCUT2D eigenvalue weighted by Crippen LogP contribution is 2.16. The number of aliphatic hydroxyl groups excluding tert-OH is 1. The third-order valence-electron chi connectivity index (χ3n) is 2.41. The lowest BCUT2D eigenvalue weighted by molar-refractivity contribution is -0.142. The molecule has 0 spiro atoms. The molecule has 0 radical (unpaired) electrons. The van der Waals surface area contributed by atoms with E-state index < -0.39 is 5.97 Å². The first kappa shape index (κ1) is 13.4. The fraction of sp³-hybridized carbons (Fsp3) is 0.909. The highest BCUT2D eigenvalue weighted by atomic mass is 16.4. The average Bonchev–Trinajstić information content (AvgIpc) is 2.09. The molecule has 0 bridgehead atoms. The Morgan fingerprint density at radius 3 is 2.21 bits per heavy atom. The summed E-state index contributed by atoms with van der Waals surface area (Å²) >= 11 is 0. The maximum Gasteiger partial charge on any atom is 0.306 e. The van der Waals surface area contributed by atoms with Gasteiger partial charge in [-0.1, -0.05) is 26.2 Å². The zero-order valence-electron chi connectivity index (χ0n) is 9.20. The van der Waals surface area contributed by atoms with Crippen LogP contribution in [-0.2, 0) is 4.79 Å². The number of unbranched alkanes of at least 4 members (excludes halogenated alkanes) is 1. The minimum absolute atomic E-state index is 0.186. The van der Waals surface area contributed by atoms with Crippen molar-refractivity contribution in [3.8, 4) is 0 Å². The van der Waals surface area contributed by atoms with Crippen LogP contribution in [0.15, 0.2) is 0 Å². The summed E-state index contributed by atoms with van der Waals surface area (Å²) in [4.78, 5) is 10.8. The second-order valence-electron chi connectivity index (χ2n) is 3.96. The van der Waals surface area contributed by atoms with E-state index in [2.05, 4.69) is 0 Å². The summed E-state index contributed by atoms with van der Waals surface area (Å²) in [5.41, 5.74) is 0. The van der Waals surface area contributed by atoms with Gasteiger partial charge in [0, 0.05) is 0 Å². The molecule has 0 aliphatic carbocycles. The summed E-state index contributed by atoms with van der Waals surface area (Å²) in [5, 5.41) is 17.9. The Morgan fingerprint density at radius 2 is 1.79 bits per heavy atom. The van der Waals surface area contributed by atoms with Crippen LogP contribution >= 0.6 is 0 Å². The second-order valence-corrected chi connectivity index (χ2v) is 3.96. The van der Waals surface area contributed by atoms with Gasteiger partial charge in [0.1, 0.15) is 0 Å². The molecule has 14 heavy (non-hydrogen) atoms. The van der Waals surface area contributed by atoms with Crippen LogP contribution in [0.1, 0.15) is 52.4 Å². The molecule has 0 aromatic rings. The predicted molar refractivity (Wildman–Crippen MR) is 56.2 cm³/mol. The number of carboxylic acids is 1. The Kier molecular flexibility index (Phi) is 7.48. The summed E-state index contributed by atoms with van der Waals surface area (Å²) in [6.45, 7) is 3.77. The van der Waals surface area contributed by atoms with Crippen LogP contribution in [0.4, 0.5) is 0 Å². The maximum atomic E-state index is 10.8. The van der Waals surface area contributed by atoms with E-state index in [0.29, 0.717) is 0 Å². The number of hydrogen-bond acceptors (Lipinski definition) is 2. The van der Waals surface area contributed by atoms with Gasteiger partial charge in [-0.05, 0) is 26.2 Å². The van der Waals surface area contributed by atoms with Crippen molar-refractivity contribution in [3.63, 3.8) is 0 Å². The summed E-state index contributed by atoms with van der Waals surface area (Å²) in [7, 11) is 0. The normalized spacial score (nSPS) is 15.1. The number of carbonyl (C=O) groups is 1. The molecule has 0 fully saturated rings. The van der Waals surface area contributed by atoms with Crippen molar-refractivity contribution in [1.29, 1.82) is 0 Å². The second kappa shape index (κ2) is 7.80. The lowest BCUT2D eigenvalue weighted by Crippen LogP contribution is -2.13. The third-order valence-corrected chi connectivity index (χ3v) is 2.41. The molecule has 2 atom stereocenters. The van der Waals surface area contributed by atoms with Gasteiger partial charge in [-0.2, -0.15) is 0 Å². The average molecular weight is 202 g/mol. The Balaban J connectivity index is 3.56. The van der Waals surface area contributed by atoms with Gasteiger partial charge in [0.15, 0.2) is 0 Å². The summed E-state index contributed by atoms with van der Waals surface area (Å²) in [5.74, 6) is -0.863. The van der Waals surface area contributed by atoms with Gasteiger partial charge in [-0.25, -0.2) is 0 Å². The smallest absolute Gasteiger partial charge is 0.306 e. The topological polar surface area (TPSA) is 57.5 Å². The van der Waals surface area contributed by atoms with Crippen LogP contribution in [0, 0.1) is 5.92 Å². The van der Waals surface area contributed by atoms with Crippen LogP contribution in [0.5, 0.6) is 0 Å². The fourth-order valence-electron chi connectivity index (χ4n) is 1.57. The molecule has 3 nitrogen and oxygen atoms in total. The molecule has 0 aliphatic rings. The number of rotatable bonds is 8. The molecule has 0 unspecified atom stereocenters. The van der Waals surface area contributed by atoms with Gasteiger partial charge < -0.3 is 10.2 Å². The molecule has 0 aliphatic heterocycles. The Labute approximate surface area is 86.1 Å². The van der Waals surface area contributed by atoms with E-state index in [9.17, 15) is 4.79 Å².